The molecule has 0 spiro atoms. The summed E-state index contributed by atoms with van der Waals surface area (Å²) >= 11 is 0. The Morgan fingerprint density at radius 3 is 1.11 bits per heavy atom. The van der Waals surface area contributed by atoms with Crippen LogP contribution < -0.4 is 5.32 Å². The van der Waals surface area contributed by atoms with E-state index in [0.717, 1.165) is 83.5 Å². The summed E-state index contributed by atoms with van der Waals surface area (Å²) in [5, 5.41) is 121. The number of nitrogens with one attached hydrogen (secondary N) is 1. The molecule has 3 saturated heterocycles. The first-order chi connectivity index (χ1) is 49.3. The van der Waals surface area contributed by atoms with Gasteiger partial charge in [-0.25, -0.2) is 0 Å². The van der Waals surface area contributed by atoms with Crippen LogP contribution in [-0.4, -0.2) is 193 Å². The number of aliphatic hydroxyl groups excluding tert-OH is 11. The zero-order chi connectivity index (χ0) is 73.2. The van der Waals surface area contributed by atoms with Crippen LogP contribution in [0.3, 0.4) is 0 Å². The van der Waals surface area contributed by atoms with E-state index in [1.54, 1.807) is 6.08 Å². The lowest BCUT2D eigenvalue weighted by atomic mass is 9.96. The van der Waals surface area contributed by atoms with Gasteiger partial charge in [0.25, 0.3) is 0 Å². The first-order valence-corrected chi connectivity index (χ1v) is 40.3. The van der Waals surface area contributed by atoms with E-state index in [0.29, 0.717) is 12.8 Å². The van der Waals surface area contributed by atoms with Crippen molar-refractivity contribution in [1.29, 1.82) is 0 Å². The number of rotatable bonds is 63. The normalized spacial score (nSPS) is 26.8. The van der Waals surface area contributed by atoms with Crippen LogP contribution in [0.4, 0.5) is 0 Å². The maximum atomic E-state index is 13.5. The molecule has 0 aromatic carbocycles. The van der Waals surface area contributed by atoms with Crippen molar-refractivity contribution in [2.45, 2.75) is 401 Å². The van der Waals surface area contributed by atoms with Gasteiger partial charge in [-0.2, -0.15) is 0 Å². The highest BCUT2D eigenvalue weighted by Crippen LogP contribution is 2.33. The van der Waals surface area contributed by atoms with Crippen LogP contribution in [-0.2, 0) is 33.2 Å². The third kappa shape index (κ3) is 42.2. The van der Waals surface area contributed by atoms with Gasteiger partial charge >= 0.3 is 0 Å². The minimum absolute atomic E-state index is 0.225. The van der Waals surface area contributed by atoms with Gasteiger partial charge in [0.15, 0.2) is 18.9 Å². The molecule has 3 heterocycles. The minimum Gasteiger partial charge on any atom is -0.394 e. The largest absolute Gasteiger partial charge is 0.394 e. The summed E-state index contributed by atoms with van der Waals surface area (Å²) in [6, 6.07) is -1.00. The molecule has 17 atom stereocenters. The number of carbonyl (C=O) groups excluding carboxylic acids is 1. The van der Waals surface area contributed by atoms with E-state index in [1.807, 2.05) is 6.08 Å². The van der Waals surface area contributed by atoms with Gasteiger partial charge in [-0.05, 0) is 83.5 Å². The molecule has 3 rings (SSSR count). The Morgan fingerprint density at radius 2 is 0.693 bits per heavy atom. The third-order valence-corrected chi connectivity index (χ3v) is 19.7. The van der Waals surface area contributed by atoms with Gasteiger partial charge in [-0.3, -0.25) is 4.79 Å². The van der Waals surface area contributed by atoms with Gasteiger partial charge in [0.2, 0.25) is 5.91 Å². The smallest absolute Gasteiger partial charge is 0.220 e. The summed E-state index contributed by atoms with van der Waals surface area (Å²) in [4.78, 5) is 13.5. The van der Waals surface area contributed by atoms with Gasteiger partial charge in [-0.1, -0.05) is 292 Å². The van der Waals surface area contributed by atoms with Crippen LogP contribution in [0.25, 0.3) is 0 Å². The fourth-order valence-electron chi connectivity index (χ4n) is 13.2. The van der Waals surface area contributed by atoms with Crippen molar-refractivity contribution in [2.24, 2.45) is 0 Å². The second-order valence-corrected chi connectivity index (χ2v) is 28.5. The average Bonchev–Trinajstić information content (AvgIpc) is 0.782. The Kier molecular flexibility index (Phi) is 56.6. The molecule has 19 nitrogen and oxygen atoms in total. The Bertz CT molecular complexity index is 2150. The molecule has 1 amide bonds. The van der Waals surface area contributed by atoms with Crippen LogP contribution in [0, 0.1) is 0 Å². The highest BCUT2D eigenvalue weighted by Gasteiger charge is 2.54. The van der Waals surface area contributed by atoms with E-state index >= 15 is 0 Å². The standard InChI is InChI=1S/C82H145NO18/c1-3-5-7-9-11-13-15-17-19-21-23-25-27-29-30-31-32-33-34-36-37-39-41-43-45-47-49-51-53-55-57-59-66(87)65(83-70(88)60-58-56-54-52-50-48-46-44-42-40-38-35-28-26-24-22-20-18-16-14-12-10-8-6-4-2)64-96-80-76(94)73(91)78(68(62-85)98-80)101-82-77(95)74(92)79(69(63-86)99-82)100-81-75(93)72(90)71(89)67(61-84)97-81/h6,8,12,14,18,20,24,26,41,43,49,51,57,59,65-69,71-82,84-87,89-95H,3-5,7,9-11,13,15-17,19,21-23,25,27-40,42,44-48,50,52-56,58,60-64H2,1-2H3,(H,83,88)/b8-6-,14-12-,20-18-,26-24-,43-41+,51-49+,59-57+. The molecule has 0 bridgehead atoms. The molecule has 586 valence electrons. The van der Waals surface area contributed by atoms with Crippen LogP contribution in [0.15, 0.2) is 85.1 Å². The third-order valence-electron chi connectivity index (χ3n) is 19.7. The van der Waals surface area contributed by atoms with E-state index in [9.17, 15) is 61.0 Å². The first-order valence-electron chi connectivity index (χ1n) is 40.3. The molecule has 0 saturated carbocycles. The summed E-state index contributed by atoms with van der Waals surface area (Å²) in [5.41, 5.74) is 0. The van der Waals surface area contributed by atoms with E-state index < -0.39 is 124 Å². The van der Waals surface area contributed by atoms with Crippen molar-refractivity contribution in [2.75, 3.05) is 26.4 Å². The minimum atomic E-state index is -1.99. The summed E-state index contributed by atoms with van der Waals surface area (Å²) in [5.74, 6) is -0.292. The molecule has 0 radical (unpaired) electrons. The average molecular weight is 1430 g/mol. The van der Waals surface area contributed by atoms with Crippen molar-refractivity contribution in [3.05, 3.63) is 85.1 Å². The predicted molar refractivity (Wildman–Crippen MR) is 401 cm³/mol. The number of carbonyl (C=O) groups is 1. The number of amides is 1. The number of hydrogen-bond donors (Lipinski definition) is 12. The fourth-order valence-corrected chi connectivity index (χ4v) is 13.2. The number of ether oxygens (including phenoxy) is 6. The number of allylic oxidation sites excluding steroid dienone is 13. The van der Waals surface area contributed by atoms with Crippen molar-refractivity contribution < 1.29 is 89.4 Å². The van der Waals surface area contributed by atoms with E-state index in [2.05, 4.69) is 92.1 Å². The molecule has 3 aliphatic heterocycles. The summed E-state index contributed by atoms with van der Waals surface area (Å²) < 4.78 is 34.4. The molecule has 19 heteroatoms. The zero-order valence-corrected chi connectivity index (χ0v) is 62.6. The first kappa shape index (κ1) is 92.2. The highest BCUT2D eigenvalue weighted by atomic mass is 16.8. The van der Waals surface area contributed by atoms with E-state index in [-0.39, 0.29) is 18.9 Å². The van der Waals surface area contributed by atoms with Crippen molar-refractivity contribution >= 4 is 5.91 Å². The molecule has 0 aliphatic carbocycles. The summed E-state index contributed by atoms with van der Waals surface area (Å²) in [7, 11) is 0. The second kappa shape index (κ2) is 62.1. The van der Waals surface area contributed by atoms with Crippen LogP contribution in [0.2, 0.25) is 0 Å². The molecule has 0 aromatic rings. The van der Waals surface area contributed by atoms with Crippen molar-refractivity contribution in [1.82, 2.24) is 5.32 Å². The lowest BCUT2D eigenvalue weighted by Crippen LogP contribution is -2.66. The topological polar surface area (TPSA) is 307 Å². The molecule has 3 fully saturated rings. The monoisotopic (exact) mass is 1430 g/mol. The summed E-state index contributed by atoms with van der Waals surface area (Å²) in [6.45, 7) is 1.62. The number of hydrogen-bond acceptors (Lipinski definition) is 18. The molecular weight excluding hydrogens is 1290 g/mol. The molecular formula is C82H145NO18. The van der Waals surface area contributed by atoms with Crippen LogP contribution in [0.5, 0.6) is 0 Å². The van der Waals surface area contributed by atoms with Gasteiger partial charge in [0, 0.05) is 6.42 Å². The van der Waals surface area contributed by atoms with E-state index in [1.165, 1.54) is 180 Å². The summed E-state index contributed by atoms with van der Waals surface area (Å²) in [6.07, 6.45) is 55.7. The maximum absolute atomic E-state index is 13.5. The maximum Gasteiger partial charge on any atom is 0.220 e. The van der Waals surface area contributed by atoms with Gasteiger partial charge in [0.05, 0.1) is 38.6 Å². The van der Waals surface area contributed by atoms with Gasteiger partial charge in [0.1, 0.15) is 73.2 Å². The highest BCUT2D eigenvalue weighted by molar-refractivity contribution is 5.76. The van der Waals surface area contributed by atoms with E-state index in [4.69, 9.17) is 28.4 Å². The quantitative estimate of drug-likeness (QED) is 0.0199. The molecule has 12 N–H and O–H groups in total. The fraction of sp³-hybridized carbons (Fsp3) is 0.817. The van der Waals surface area contributed by atoms with Gasteiger partial charge < -0.3 is 89.9 Å². The molecule has 3 aliphatic rings. The number of aliphatic hydroxyl groups is 11. The van der Waals surface area contributed by atoms with Crippen LogP contribution >= 0.6 is 0 Å². The SMILES string of the molecule is CC/C=C\C/C=C\C/C=C\C/C=C\CCCCCCCCCCCCCCC(=O)NC(COC1OC(CO)C(OC2OC(CO)C(OC3OC(CO)C(O)C(O)C3O)C(O)C2O)C(O)C1O)C(O)/C=C/CC/C=C/CC/C=C/CCCCCCCCCCCCCCCCCCCCCCC. The molecule has 101 heavy (non-hydrogen) atoms. The lowest BCUT2D eigenvalue weighted by molar-refractivity contribution is -0.379. The molecule has 0 aromatic heterocycles. The number of unbranched alkanes of at least 4 members (excludes halogenated alkanes) is 35. The van der Waals surface area contributed by atoms with Crippen molar-refractivity contribution in [3.63, 3.8) is 0 Å². The molecule has 17 unspecified atom stereocenters. The lowest BCUT2D eigenvalue weighted by Gasteiger charge is -2.48. The van der Waals surface area contributed by atoms with Crippen LogP contribution in [0.1, 0.15) is 296 Å². The second-order valence-electron chi connectivity index (χ2n) is 28.5. The Hall–Kier alpha value is -3.03. The van der Waals surface area contributed by atoms with Crippen molar-refractivity contribution in [3.8, 4) is 0 Å². The Morgan fingerprint density at radius 1 is 0.366 bits per heavy atom. The van der Waals surface area contributed by atoms with Gasteiger partial charge in [-0.15, -0.1) is 0 Å². The zero-order valence-electron chi connectivity index (χ0n) is 62.6. The Balaban J connectivity index is 1.40. The predicted octanol–water partition coefficient (Wildman–Crippen LogP) is 13.4. The Labute approximate surface area is 610 Å².